The van der Waals surface area contributed by atoms with Crippen molar-refractivity contribution in [3.63, 3.8) is 0 Å². The van der Waals surface area contributed by atoms with Gasteiger partial charge in [-0.05, 0) is 69.0 Å². The molecule has 0 radical (unpaired) electrons. The van der Waals surface area contributed by atoms with Crippen LogP contribution in [-0.4, -0.2) is 28.8 Å². The number of Topliss-reactive ketones (excluding diaryl/α,β-unsaturated/α-hetero) is 1. The smallest absolute Gasteiger partial charge is 0.251 e. The maximum atomic E-state index is 12.5. The first-order chi connectivity index (χ1) is 14.5. The molecule has 0 aliphatic heterocycles. The normalized spacial score (nSPS) is 18.7. The summed E-state index contributed by atoms with van der Waals surface area (Å²) < 4.78 is 0. The fourth-order valence-electron chi connectivity index (χ4n) is 3.97. The quantitative estimate of drug-likeness (QED) is 0.552. The molecule has 0 saturated heterocycles. The Morgan fingerprint density at radius 1 is 0.933 bits per heavy atom. The zero-order valence-electron chi connectivity index (χ0n) is 16.8. The molecule has 0 unspecified atom stereocenters. The Morgan fingerprint density at radius 2 is 1.60 bits per heavy atom. The number of fused-ring (bicyclic) bond motifs is 1. The lowest BCUT2D eigenvalue weighted by molar-refractivity contribution is 0.0925. The average molecular weight is 422 g/mol. The maximum Gasteiger partial charge on any atom is 0.251 e. The third-order valence-electron chi connectivity index (χ3n) is 5.68. The molecular weight excluding hydrogens is 398 g/mol. The van der Waals surface area contributed by atoms with Gasteiger partial charge in [0.25, 0.3) is 5.91 Å². The number of halogens is 1. The van der Waals surface area contributed by atoms with E-state index in [4.69, 9.17) is 11.6 Å². The van der Waals surface area contributed by atoms with Crippen molar-refractivity contribution in [3.05, 3.63) is 70.9 Å². The van der Waals surface area contributed by atoms with Crippen molar-refractivity contribution in [3.8, 4) is 0 Å². The first-order valence-electron chi connectivity index (χ1n) is 10.2. The highest BCUT2D eigenvalue weighted by Crippen LogP contribution is 2.28. The second-order valence-corrected chi connectivity index (χ2v) is 8.26. The Balaban J connectivity index is 1.33. The number of ketones is 1. The lowest BCUT2D eigenvalue weighted by atomic mass is 9.90. The van der Waals surface area contributed by atoms with Crippen LogP contribution in [0.5, 0.6) is 0 Å². The van der Waals surface area contributed by atoms with Crippen LogP contribution in [0.25, 0.3) is 10.9 Å². The molecule has 4 rings (SSSR count). The van der Waals surface area contributed by atoms with Crippen molar-refractivity contribution in [1.82, 2.24) is 10.3 Å². The van der Waals surface area contributed by atoms with Crippen LogP contribution in [0.2, 0.25) is 5.02 Å². The maximum absolute atomic E-state index is 12.5. The molecule has 5 nitrogen and oxygen atoms in total. The minimum atomic E-state index is -0.0847. The van der Waals surface area contributed by atoms with Crippen LogP contribution in [0.4, 0.5) is 5.69 Å². The van der Waals surface area contributed by atoms with E-state index in [0.717, 1.165) is 42.3 Å². The van der Waals surface area contributed by atoms with Crippen molar-refractivity contribution in [2.75, 3.05) is 5.32 Å². The molecule has 30 heavy (non-hydrogen) atoms. The first-order valence-corrected chi connectivity index (χ1v) is 10.6. The van der Waals surface area contributed by atoms with Gasteiger partial charge < -0.3 is 10.6 Å². The molecule has 154 valence electrons. The number of pyridine rings is 1. The first kappa shape index (κ1) is 20.4. The van der Waals surface area contributed by atoms with Gasteiger partial charge in [-0.2, -0.15) is 0 Å². The second-order valence-electron chi connectivity index (χ2n) is 7.82. The number of amides is 1. The molecule has 1 saturated carbocycles. The van der Waals surface area contributed by atoms with Gasteiger partial charge in [0.15, 0.2) is 5.78 Å². The van der Waals surface area contributed by atoms with E-state index in [9.17, 15) is 9.59 Å². The molecule has 1 aliphatic rings. The summed E-state index contributed by atoms with van der Waals surface area (Å²) in [5.41, 5.74) is 3.14. The molecule has 1 fully saturated rings. The van der Waals surface area contributed by atoms with E-state index >= 15 is 0 Å². The lowest BCUT2D eigenvalue weighted by Gasteiger charge is -2.30. The third kappa shape index (κ3) is 4.62. The van der Waals surface area contributed by atoms with Gasteiger partial charge in [0.1, 0.15) is 0 Å². The minimum absolute atomic E-state index is 0.00199. The molecule has 0 spiro atoms. The lowest BCUT2D eigenvalue weighted by Crippen LogP contribution is -2.40. The summed E-state index contributed by atoms with van der Waals surface area (Å²) in [5, 5.41) is 8.51. The zero-order valence-corrected chi connectivity index (χ0v) is 17.6. The highest BCUT2D eigenvalue weighted by atomic mass is 35.5. The van der Waals surface area contributed by atoms with Crippen LogP contribution < -0.4 is 10.6 Å². The van der Waals surface area contributed by atoms with Crippen molar-refractivity contribution in [2.24, 2.45) is 0 Å². The van der Waals surface area contributed by atoms with Gasteiger partial charge in [0, 0.05) is 45.5 Å². The van der Waals surface area contributed by atoms with Crippen LogP contribution in [-0.2, 0) is 0 Å². The molecule has 1 aromatic heterocycles. The van der Waals surface area contributed by atoms with Gasteiger partial charge in [-0.25, -0.2) is 0 Å². The number of carbonyl (C=O) groups excluding carboxylic acids is 2. The Hall–Kier alpha value is -2.92. The number of nitrogens with one attached hydrogen (secondary N) is 2. The number of rotatable bonds is 5. The molecule has 2 aromatic carbocycles. The number of anilines is 1. The number of benzene rings is 2. The number of carbonyl (C=O) groups is 2. The van der Waals surface area contributed by atoms with Gasteiger partial charge in [0.05, 0.1) is 5.52 Å². The molecular formula is C24H24ClN3O2. The highest BCUT2D eigenvalue weighted by Gasteiger charge is 2.23. The van der Waals surface area contributed by atoms with Crippen LogP contribution in [0.15, 0.2) is 54.7 Å². The highest BCUT2D eigenvalue weighted by molar-refractivity contribution is 6.31. The summed E-state index contributed by atoms with van der Waals surface area (Å²) in [6, 6.07) is 15.1. The van der Waals surface area contributed by atoms with Crippen LogP contribution in [0.3, 0.4) is 0 Å². The van der Waals surface area contributed by atoms with E-state index in [-0.39, 0.29) is 17.7 Å². The molecule has 3 aromatic rings. The topological polar surface area (TPSA) is 71.1 Å². The number of hydrogen-bond donors (Lipinski definition) is 2. The van der Waals surface area contributed by atoms with Gasteiger partial charge in [0.2, 0.25) is 0 Å². The van der Waals surface area contributed by atoms with Gasteiger partial charge in [-0.1, -0.05) is 23.7 Å². The predicted molar refractivity (Wildman–Crippen MR) is 120 cm³/mol. The van der Waals surface area contributed by atoms with E-state index in [1.807, 2.05) is 24.3 Å². The zero-order chi connectivity index (χ0) is 21.1. The minimum Gasteiger partial charge on any atom is -0.382 e. The molecule has 1 aliphatic carbocycles. The predicted octanol–water partition coefficient (Wildman–Crippen LogP) is 5.24. The monoisotopic (exact) mass is 421 g/mol. The molecule has 2 N–H and O–H groups in total. The third-order valence-corrected chi connectivity index (χ3v) is 5.92. The second kappa shape index (κ2) is 8.84. The van der Waals surface area contributed by atoms with Crippen LogP contribution in [0.1, 0.15) is 53.3 Å². The van der Waals surface area contributed by atoms with Crippen LogP contribution >= 0.6 is 11.6 Å². The van der Waals surface area contributed by atoms with Gasteiger partial charge in [-0.3, -0.25) is 14.6 Å². The standard InChI is InChI=1S/C24H24ClN3O2/c1-15(29)16-2-4-17(5-3-16)24(30)28-20-9-7-19(8-10-20)27-22-12-13-26-23-14-18(25)6-11-21(22)23/h2-6,11-14,19-20H,7-10H2,1H3,(H,26,27)(H,28,30). The van der Waals surface area contributed by atoms with E-state index in [1.165, 1.54) is 6.92 Å². The summed E-state index contributed by atoms with van der Waals surface area (Å²) in [7, 11) is 0. The van der Waals surface area contributed by atoms with Crippen molar-refractivity contribution in [1.29, 1.82) is 0 Å². The van der Waals surface area contributed by atoms with E-state index in [1.54, 1.807) is 30.5 Å². The Bertz CT molecular complexity index is 1070. The van der Waals surface area contributed by atoms with Crippen LogP contribution in [0, 0.1) is 0 Å². The SMILES string of the molecule is CC(=O)c1ccc(C(=O)NC2CCC(Nc3ccnc4cc(Cl)ccc34)CC2)cc1. The van der Waals surface area contributed by atoms with Crippen molar-refractivity contribution >= 4 is 39.9 Å². The molecule has 0 atom stereocenters. The molecule has 1 amide bonds. The Kier molecular flexibility index (Phi) is 6.00. The molecule has 0 bridgehead atoms. The number of nitrogens with zero attached hydrogens (tertiary/aromatic N) is 1. The number of hydrogen-bond acceptors (Lipinski definition) is 4. The summed E-state index contributed by atoms with van der Waals surface area (Å²) in [6.07, 6.45) is 5.59. The van der Waals surface area contributed by atoms with Crippen molar-refractivity contribution < 1.29 is 9.59 Å². The summed E-state index contributed by atoms with van der Waals surface area (Å²) in [4.78, 5) is 28.3. The fourth-order valence-corrected chi connectivity index (χ4v) is 4.14. The summed E-state index contributed by atoms with van der Waals surface area (Å²) >= 11 is 6.08. The molecule has 1 heterocycles. The fraction of sp³-hybridized carbons (Fsp3) is 0.292. The average Bonchev–Trinajstić information content (AvgIpc) is 2.75. The van der Waals surface area contributed by atoms with E-state index in [2.05, 4.69) is 15.6 Å². The van der Waals surface area contributed by atoms with E-state index in [0.29, 0.717) is 22.2 Å². The number of aromatic nitrogens is 1. The summed E-state index contributed by atoms with van der Waals surface area (Å²) in [5.74, 6) is -0.0867. The largest absolute Gasteiger partial charge is 0.382 e. The Morgan fingerprint density at radius 3 is 2.30 bits per heavy atom. The van der Waals surface area contributed by atoms with E-state index < -0.39 is 0 Å². The van der Waals surface area contributed by atoms with Crippen molar-refractivity contribution in [2.45, 2.75) is 44.7 Å². The summed E-state index contributed by atoms with van der Waals surface area (Å²) in [6.45, 7) is 1.52. The Labute approximate surface area is 180 Å². The van der Waals surface area contributed by atoms with Gasteiger partial charge >= 0.3 is 0 Å². The van der Waals surface area contributed by atoms with Gasteiger partial charge in [-0.15, -0.1) is 0 Å². The molecule has 6 heteroatoms.